The highest BCUT2D eigenvalue weighted by Crippen LogP contribution is 2.34. The van der Waals surface area contributed by atoms with Gasteiger partial charge in [-0.05, 0) is 6.92 Å². The summed E-state index contributed by atoms with van der Waals surface area (Å²) in [6.45, 7) is 6.13. The average Bonchev–Trinajstić information content (AvgIpc) is 2.49. The Morgan fingerprint density at radius 1 is 1.09 bits per heavy atom. The van der Waals surface area contributed by atoms with Crippen LogP contribution >= 0.6 is 0 Å². The maximum absolute atomic E-state index is 11.7. The second-order valence-electron chi connectivity index (χ2n) is 5.55. The van der Waals surface area contributed by atoms with Crippen molar-refractivity contribution in [3.8, 4) is 0 Å². The minimum absolute atomic E-state index is 0.0739. The fraction of sp³-hybridized carbons (Fsp3) is 0.800. The van der Waals surface area contributed by atoms with Gasteiger partial charge in [-0.2, -0.15) is 0 Å². The van der Waals surface area contributed by atoms with Crippen molar-refractivity contribution < 1.29 is 38.8 Å². The number of hydrogen-bond acceptors (Lipinski definition) is 7. The van der Waals surface area contributed by atoms with Gasteiger partial charge in [0.05, 0.1) is 17.9 Å². The van der Waals surface area contributed by atoms with Crippen LogP contribution in [0.3, 0.4) is 0 Å². The van der Waals surface area contributed by atoms with Gasteiger partial charge in [-0.15, -0.1) is 0 Å². The topological polar surface area (TPSA) is 119 Å². The van der Waals surface area contributed by atoms with Gasteiger partial charge < -0.3 is 24.4 Å². The molecule has 2 unspecified atom stereocenters. The summed E-state index contributed by atoms with van der Waals surface area (Å²) in [6.07, 6.45) is -4.07. The van der Waals surface area contributed by atoms with Crippen LogP contribution in [0.4, 0.5) is 0 Å². The third kappa shape index (κ3) is 4.65. The van der Waals surface area contributed by atoms with Crippen LogP contribution in [-0.4, -0.2) is 52.7 Å². The van der Waals surface area contributed by atoms with E-state index in [4.69, 9.17) is 14.2 Å². The van der Waals surface area contributed by atoms with Crippen molar-refractivity contribution >= 4 is 17.9 Å². The predicted molar refractivity (Wildman–Crippen MR) is 77.2 cm³/mol. The van der Waals surface area contributed by atoms with Gasteiger partial charge in [0.1, 0.15) is 6.10 Å². The average molecular weight is 332 g/mol. The molecule has 1 heterocycles. The largest absolute Gasteiger partial charge is 0.481 e. The van der Waals surface area contributed by atoms with Crippen LogP contribution in [0.2, 0.25) is 0 Å². The van der Waals surface area contributed by atoms with Crippen LogP contribution in [0.15, 0.2) is 0 Å². The zero-order valence-electron chi connectivity index (χ0n) is 13.7. The summed E-state index contributed by atoms with van der Waals surface area (Å²) in [5.41, 5.74) is 0. The highest BCUT2D eigenvalue weighted by atomic mass is 16.7. The van der Waals surface area contributed by atoms with E-state index in [9.17, 15) is 24.6 Å². The van der Waals surface area contributed by atoms with Crippen molar-refractivity contribution in [3.63, 3.8) is 0 Å². The van der Waals surface area contributed by atoms with E-state index in [1.807, 2.05) is 0 Å². The minimum atomic E-state index is -1.44. The highest BCUT2D eigenvalue weighted by Gasteiger charge is 2.51. The third-order valence-corrected chi connectivity index (χ3v) is 3.93. The Morgan fingerprint density at radius 3 is 2.00 bits per heavy atom. The summed E-state index contributed by atoms with van der Waals surface area (Å²) < 4.78 is 15.9. The molecule has 0 spiro atoms. The zero-order chi connectivity index (χ0) is 17.7. The molecule has 0 radical (unpaired) electrons. The first kappa shape index (κ1) is 19.4. The number of carbonyl (C=O) groups is 3. The van der Waals surface area contributed by atoms with Gasteiger partial charge >= 0.3 is 17.9 Å². The SMILES string of the molecule is CCC(=O)O[C@@H]1[C@H](C(C)C(=O)O)C(O)O[C@@H](C)[C@H]1OC(=O)CC. The van der Waals surface area contributed by atoms with E-state index in [0.29, 0.717) is 0 Å². The van der Waals surface area contributed by atoms with Crippen molar-refractivity contribution in [1.29, 1.82) is 0 Å². The molecular formula is C15H24O8. The zero-order valence-corrected chi connectivity index (χ0v) is 13.7. The summed E-state index contributed by atoms with van der Waals surface area (Å²) in [5, 5.41) is 19.3. The monoisotopic (exact) mass is 332 g/mol. The van der Waals surface area contributed by atoms with E-state index in [2.05, 4.69) is 0 Å². The summed E-state index contributed by atoms with van der Waals surface area (Å²) in [7, 11) is 0. The number of carboxylic acid groups (broad SMARTS) is 1. The van der Waals surface area contributed by atoms with Crippen LogP contribution in [-0.2, 0) is 28.6 Å². The molecule has 0 aromatic rings. The Bertz CT molecular complexity index is 449. The fourth-order valence-electron chi connectivity index (χ4n) is 2.51. The molecule has 0 aliphatic carbocycles. The summed E-state index contributed by atoms with van der Waals surface area (Å²) in [6, 6.07) is 0. The fourth-order valence-corrected chi connectivity index (χ4v) is 2.51. The number of hydrogen-bond donors (Lipinski definition) is 2. The number of esters is 2. The first-order valence-corrected chi connectivity index (χ1v) is 7.68. The van der Waals surface area contributed by atoms with Gasteiger partial charge in [-0.1, -0.05) is 20.8 Å². The molecule has 1 aliphatic rings. The molecule has 23 heavy (non-hydrogen) atoms. The molecule has 1 saturated heterocycles. The van der Waals surface area contributed by atoms with E-state index in [0.717, 1.165) is 0 Å². The van der Waals surface area contributed by atoms with Gasteiger partial charge in [0, 0.05) is 12.8 Å². The quantitative estimate of drug-likeness (QED) is 0.682. The van der Waals surface area contributed by atoms with E-state index in [1.54, 1.807) is 20.8 Å². The normalized spacial score (nSPS) is 32.0. The number of aliphatic hydroxyl groups is 1. The lowest BCUT2D eigenvalue weighted by atomic mass is 9.82. The maximum atomic E-state index is 11.7. The molecule has 1 rings (SSSR count). The number of aliphatic hydroxyl groups excluding tert-OH is 1. The number of carbonyl (C=O) groups excluding carboxylic acids is 2. The Morgan fingerprint density at radius 2 is 1.57 bits per heavy atom. The van der Waals surface area contributed by atoms with E-state index in [-0.39, 0.29) is 12.8 Å². The van der Waals surface area contributed by atoms with Crippen molar-refractivity contribution in [2.75, 3.05) is 0 Å². The van der Waals surface area contributed by atoms with Crippen LogP contribution in [0.1, 0.15) is 40.5 Å². The Hall–Kier alpha value is -1.67. The lowest BCUT2D eigenvalue weighted by Crippen LogP contribution is -2.59. The van der Waals surface area contributed by atoms with Crippen molar-refractivity contribution in [1.82, 2.24) is 0 Å². The molecule has 1 fully saturated rings. The summed E-state index contributed by atoms with van der Waals surface area (Å²) >= 11 is 0. The Balaban J connectivity index is 3.15. The minimum Gasteiger partial charge on any atom is -0.481 e. The van der Waals surface area contributed by atoms with Gasteiger partial charge in [0.25, 0.3) is 0 Å². The molecule has 0 aromatic heterocycles. The van der Waals surface area contributed by atoms with Gasteiger partial charge in [-0.25, -0.2) is 0 Å². The van der Waals surface area contributed by atoms with E-state index in [1.165, 1.54) is 6.92 Å². The van der Waals surface area contributed by atoms with E-state index >= 15 is 0 Å². The van der Waals surface area contributed by atoms with Gasteiger partial charge in [0.2, 0.25) is 0 Å². The molecule has 132 valence electrons. The molecule has 8 heteroatoms. The molecule has 6 atom stereocenters. The Kier molecular flexibility index (Phi) is 6.96. The van der Waals surface area contributed by atoms with Crippen LogP contribution < -0.4 is 0 Å². The number of aliphatic carboxylic acids is 1. The first-order chi connectivity index (χ1) is 10.7. The third-order valence-electron chi connectivity index (χ3n) is 3.93. The predicted octanol–water partition coefficient (Wildman–Crippen LogP) is 0.704. The summed E-state index contributed by atoms with van der Waals surface area (Å²) in [4.78, 5) is 34.6. The van der Waals surface area contributed by atoms with Crippen LogP contribution in [0.25, 0.3) is 0 Å². The van der Waals surface area contributed by atoms with Gasteiger partial charge in [0.15, 0.2) is 12.4 Å². The molecule has 0 saturated carbocycles. The van der Waals surface area contributed by atoms with Crippen LogP contribution in [0.5, 0.6) is 0 Å². The molecule has 1 aliphatic heterocycles. The van der Waals surface area contributed by atoms with E-state index < -0.39 is 54.3 Å². The molecule has 0 amide bonds. The first-order valence-electron chi connectivity index (χ1n) is 7.68. The standard InChI is InChI=1S/C15H24O8/c1-5-9(16)22-12-8(4)21-15(20)11(7(3)14(18)19)13(12)23-10(17)6-2/h7-8,11-13,15,20H,5-6H2,1-4H3,(H,18,19)/t7?,8-,11-,12+,13+,15?/m0/s1. The van der Waals surface area contributed by atoms with Crippen molar-refractivity contribution in [3.05, 3.63) is 0 Å². The lowest BCUT2D eigenvalue weighted by Gasteiger charge is -2.44. The summed E-state index contributed by atoms with van der Waals surface area (Å²) in [5.74, 6) is -4.38. The number of carboxylic acids is 1. The molecule has 8 nitrogen and oxygen atoms in total. The Labute approximate surface area is 134 Å². The maximum Gasteiger partial charge on any atom is 0.306 e. The molecule has 0 aromatic carbocycles. The second kappa shape index (κ2) is 8.26. The van der Waals surface area contributed by atoms with Gasteiger partial charge in [-0.3, -0.25) is 14.4 Å². The highest BCUT2D eigenvalue weighted by molar-refractivity contribution is 5.72. The molecule has 0 bridgehead atoms. The smallest absolute Gasteiger partial charge is 0.306 e. The molecule has 2 N–H and O–H groups in total. The molecular weight excluding hydrogens is 308 g/mol. The number of ether oxygens (including phenoxy) is 3. The lowest BCUT2D eigenvalue weighted by molar-refractivity contribution is -0.276. The van der Waals surface area contributed by atoms with Crippen molar-refractivity contribution in [2.24, 2.45) is 11.8 Å². The van der Waals surface area contributed by atoms with Crippen LogP contribution in [0, 0.1) is 11.8 Å². The van der Waals surface area contributed by atoms with Crippen molar-refractivity contribution in [2.45, 2.75) is 65.1 Å². The second-order valence-corrected chi connectivity index (χ2v) is 5.55. The number of rotatable bonds is 6.